The third-order valence-electron chi connectivity index (χ3n) is 13.1. The summed E-state index contributed by atoms with van der Waals surface area (Å²) in [7, 11) is 0. The molecule has 8 heteroatoms. The van der Waals surface area contributed by atoms with E-state index in [4.69, 9.17) is 9.97 Å². The van der Waals surface area contributed by atoms with Crippen LogP contribution in [0.4, 0.5) is 0 Å². The van der Waals surface area contributed by atoms with E-state index in [0.29, 0.717) is 23.1 Å². The molecular formula is C58H37N7S. The van der Waals surface area contributed by atoms with E-state index < -0.39 is 0 Å². The molecule has 0 spiro atoms. The number of nitrogens with one attached hydrogen (secondary N) is 1. The van der Waals surface area contributed by atoms with Gasteiger partial charge in [0.25, 0.3) is 0 Å². The summed E-state index contributed by atoms with van der Waals surface area (Å²) in [5.74, 6) is 1.32. The average molecular weight is 864 g/mol. The van der Waals surface area contributed by atoms with Crippen molar-refractivity contribution in [2.45, 2.75) is 0 Å². The Balaban J connectivity index is 1.05. The minimum Gasteiger partial charge on any atom is -0.309 e. The fraction of sp³-hybridized carbons (Fsp3) is 0. The van der Waals surface area contributed by atoms with Crippen LogP contribution in [0.3, 0.4) is 0 Å². The average Bonchev–Trinajstić information content (AvgIpc) is 4.01. The molecule has 7 nitrogen and oxygen atoms in total. The lowest BCUT2D eigenvalue weighted by atomic mass is 9.87. The van der Waals surface area contributed by atoms with Gasteiger partial charge in [0.1, 0.15) is 11.5 Å². The van der Waals surface area contributed by atoms with Crippen molar-refractivity contribution in [1.82, 2.24) is 23.7 Å². The lowest BCUT2D eigenvalue weighted by Gasteiger charge is -2.20. The van der Waals surface area contributed by atoms with Crippen LogP contribution in [-0.2, 0) is 0 Å². The maximum atomic E-state index is 9.84. The van der Waals surface area contributed by atoms with Crippen LogP contribution < -0.4 is 0 Å². The lowest BCUT2D eigenvalue weighted by Crippen LogP contribution is -2.21. The Hall–Kier alpha value is -8.59. The Morgan fingerprint density at radius 2 is 0.924 bits per heavy atom. The zero-order valence-electron chi connectivity index (χ0n) is 35.3. The molecule has 0 amide bonds. The van der Waals surface area contributed by atoms with Gasteiger partial charge in [-0.15, -0.1) is 0 Å². The molecule has 4 aromatic heterocycles. The Morgan fingerprint density at radius 1 is 0.439 bits per heavy atom. The Labute approximate surface area is 385 Å². The molecule has 0 fully saturated rings. The fourth-order valence-corrected chi connectivity index (χ4v) is 10.3. The first-order chi connectivity index (χ1) is 32.6. The molecular weight excluding hydrogens is 827 g/mol. The fourth-order valence-electron chi connectivity index (χ4n) is 10.1. The maximum Gasteiger partial charge on any atom is 0.161 e. The van der Waals surface area contributed by atoms with E-state index in [0.717, 1.165) is 88.8 Å². The van der Waals surface area contributed by atoms with Crippen molar-refractivity contribution >= 4 is 90.4 Å². The van der Waals surface area contributed by atoms with Gasteiger partial charge in [-0.3, -0.25) is 9.98 Å². The van der Waals surface area contributed by atoms with Crippen molar-refractivity contribution < 1.29 is 0 Å². The summed E-state index contributed by atoms with van der Waals surface area (Å²) in [6.07, 6.45) is 3.95. The number of fused-ring (bicyclic) bond motifs is 9. The summed E-state index contributed by atoms with van der Waals surface area (Å²) in [5, 5.41) is 15.5. The van der Waals surface area contributed by atoms with Gasteiger partial charge in [-0.1, -0.05) is 140 Å². The number of nitrogens with zero attached hydrogens (tertiary/aromatic N) is 6. The summed E-state index contributed by atoms with van der Waals surface area (Å²) in [5.41, 5.74) is 14.8. The second-order valence-corrected chi connectivity index (χ2v) is 16.9. The van der Waals surface area contributed by atoms with Gasteiger partial charge in [-0.25, -0.2) is 14.4 Å². The number of aromatic nitrogens is 5. The highest BCUT2D eigenvalue weighted by Crippen LogP contribution is 2.42. The molecule has 8 aromatic carbocycles. The molecule has 1 aliphatic carbocycles. The van der Waals surface area contributed by atoms with Crippen LogP contribution in [0.2, 0.25) is 0 Å². The van der Waals surface area contributed by atoms with Gasteiger partial charge in [0.15, 0.2) is 5.82 Å². The van der Waals surface area contributed by atoms with Gasteiger partial charge in [0.05, 0.1) is 39.0 Å². The van der Waals surface area contributed by atoms with Crippen molar-refractivity contribution in [3.05, 3.63) is 223 Å². The third-order valence-corrected chi connectivity index (χ3v) is 13.3. The quantitative estimate of drug-likeness (QED) is 0.163. The number of hydrogen-bond acceptors (Lipinski definition) is 5. The highest BCUT2D eigenvalue weighted by Gasteiger charge is 2.31. The number of thiol groups is 1. The van der Waals surface area contributed by atoms with Crippen LogP contribution in [0, 0.1) is 5.41 Å². The topological polar surface area (TPSA) is 76.8 Å². The number of benzene rings is 8. The first-order valence-electron chi connectivity index (χ1n) is 21.9. The third kappa shape index (κ3) is 5.78. The first-order valence-corrected chi connectivity index (χ1v) is 22.3. The molecule has 1 aliphatic rings. The van der Waals surface area contributed by atoms with Gasteiger partial charge in [-0.2, -0.15) is 0 Å². The summed E-state index contributed by atoms with van der Waals surface area (Å²) in [4.78, 5) is 9.97. The molecule has 0 aliphatic heterocycles. The lowest BCUT2D eigenvalue weighted by molar-refractivity contribution is 1.01. The van der Waals surface area contributed by atoms with Crippen LogP contribution in [0.1, 0.15) is 16.8 Å². The molecule has 0 bridgehead atoms. The second kappa shape index (κ2) is 15.0. The maximum absolute atomic E-state index is 9.84. The van der Waals surface area contributed by atoms with E-state index in [2.05, 4.69) is 195 Å². The number of para-hydroxylation sites is 4. The van der Waals surface area contributed by atoms with Crippen LogP contribution in [0.15, 0.2) is 211 Å². The van der Waals surface area contributed by atoms with Crippen molar-refractivity contribution in [2.24, 2.45) is 4.40 Å². The molecule has 310 valence electrons. The van der Waals surface area contributed by atoms with Crippen LogP contribution in [-0.4, -0.2) is 35.1 Å². The van der Waals surface area contributed by atoms with E-state index in [1.807, 2.05) is 48.7 Å². The highest BCUT2D eigenvalue weighted by atomic mass is 32.1. The van der Waals surface area contributed by atoms with E-state index in [1.165, 1.54) is 16.2 Å². The Morgan fingerprint density at radius 3 is 1.52 bits per heavy atom. The van der Waals surface area contributed by atoms with Crippen LogP contribution in [0.5, 0.6) is 0 Å². The molecule has 0 unspecified atom stereocenters. The zero-order chi connectivity index (χ0) is 43.9. The van der Waals surface area contributed by atoms with Crippen molar-refractivity contribution in [2.75, 3.05) is 0 Å². The van der Waals surface area contributed by atoms with E-state index in [9.17, 15) is 5.41 Å². The first kappa shape index (κ1) is 37.9. The molecule has 4 heterocycles. The smallest absolute Gasteiger partial charge is 0.161 e. The molecule has 0 saturated carbocycles. The summed E-state index contributed by atoms with van der Waals surface area (Å²) < 4.78 is 11.5. The summed E-state index contributed by atoms with van der Waals surface area (Å²) in [6.45, 7) is 0. The Bertz CT molecular complexity index is 4010. The molecule has 1 N–H and O–H groups in total. The summed E-state index contributed by atoms with van der Waals surface area (Å²) in [6, 6.07) is 70.0. The predicted octanol–water partition coefficient (Wildman–Crippen LogP) is 14.2. The van der Waals surface area contributed by atoms with Crippen molar-refractivity contribution in [3.63, 3.8) is 0 Å². The SMILES string of the molecule is N=C1C(c2ccc3c4ccccc4n(-c4ccccc4)c3c2)=Cc2c(c3ccc(-c4ccc5c6ccccc6n(-c6ccccc6)c5c4)cc3n2-c2ccnc(-c3ccccc3)n2)C1=NS. The van der Waals surface area contributed by atoms with Crippen molar-refractivity contribution in [1.29, 1.82) is 5.41 Å². The molecule has 0 saturated heterocycles. The normalized spacial score (nSPS) is 13.4. The molecule has 13 rings (SSSR count). The highest BCUT2D eigenvalue weighted by molar-refractivity contribution is 7.79. The van der Waals surface area contributed by atoms with E-state index >= 15 is 0 Å². The Kier molecular flexibility index (Phi) is 8.62. The zero-order valence-corrected chi connectivity index (χ0v) is 36.2. The molecule has 0 atom stereocenters. The number of hydrogen-bond donors (Lipinski definition) is 2. The standard InChI is InChI=1S/C58H37N7S/c59-56-47(39-26-28-45-43-21-11-13-23-49(43)64(51(45)34-39)41-18-8-3-9-19-41)35-53-55(57(56)62-66)46-29-25-38(33-52(46)65(53)54-30-31-60-58(61-54)36-14-4-1-5-15-36)37-24-27-44-42-20-10-12-22-48(42)63(50(44)32-37)40-16-6-2-7-17-40/h1-35,59,66H. The number of rotatable bonds is 6. The van der Waals surface area contributed by atoms with Crippen LogP contribution in [0.25, 0.3) is 106 Å². The van der Waals surface area contributed by atoms with Crippen LogP contribution >= 0.6 is 12.8 Å². The van der Waals surface area contributed by atoms with Gasteiger partial charge in [-0.05, 0) is 96.2 Å². The molecule has 66 heavy (non-hydrogen) atoms. The minimum atomic E-state index is 0.300. The number of allylic oxidation sites excluding steroid dienone is 1. The molecule has 0 radical (unpaired) electrons. The summed E-state index contributed by atoms with van der Waals surface area (Å²) >= 11 is 4.59. The van der Waals surface area contributed by atoms with Gasteiger partial charge in [0.2, 0.25) is 0 Å². The van der Waals surface area contributed by atoms with E-state index in [-0.39, 0.29) is 0 Å². The largest absolute Gasteiger partial charge is 0.309 e. The monoisotopic (exact) mass is 863 g/mol. The van der Waals surface area contributed by atoms with Crippen molar-refractivity contribution in [3.8, 4) is 39.7 Å². The van der Waals surface area contributed by atoms with Gasteiger partial charge in [0, 0.05) is 61.2 Å². The van der Waals surface area contributed by atoms with Gasteiger partial charge < -0.3 is 9.13 Å². The minimum absolute atomic E-state index is 0.300. The predicted molar refractivity (Wildman–Crippen MR) is 276 cm³/mol. The molecule has 12 aromatic rings. The van der Waals surface area contributed by atoms with E-state index in [1.54, 1.807) is 0 Å². The second-order valence-electron chi connectivity index (χ2n) is 16.7. The van der Waals surface area contributed by atoms with Gasteiger partial charge >= 0.3 is 0 Å².